The Hall–Kier alpha value is -0.650. The van der Waals surface area contributed by atoms with Crippen molar-refractivity contribution in [3.05, 3.63) is 0 Å². The normalized spacial score (nSPS) is 12.6. The highest BCUT2D eigenvalue weighted by atomic mass is 16.5. The number of nitrogens with two attached hydrogens (primary N) is 1. The zero-order valence-electron chi connectivity index (χ0n) is 7.25. The highest BCUT2D eigenvalue weighted by Gasteiger charge is 2.11. The lowest BCUT2D eigenvalue weighted by molar-refractivity contribution is -0.146. The number of aliphatic hydroxyl groups is 1. The Bertz CT molecular complexity index is 130. The summed E-state index contributed by atoms with van der Waals surface area (Å²) in [5, 5.41) is 11.2. The van der Waals surface area contributed by atoms with Crippen LogP contribution in [0.5, 0.6) is 0 Å². The first kappa shape index (κ1) is 11.4. The highest BCUT2D eigenvalue weighted by Crippen LogP contribution is 1.86. The average Bonchev–Trinajstić information content (AvgIpc) is 2.10. The van der Waals surface area contributed by atoms with Gasteiger partial charge in [0.2, 0.25) is 0 Å². The third-order valence-corrected chi connectivity index (χ3v) is 1.28. The predicted molar refractivity (Wildman–Crippen MR) is 44.6 cm³/mol. The summed E-state index contributed by atoms with van der Waals surface area (Å²) in [5.74, 6) is -0.363. The van der Waals surface area contributed by atoms with Crippen LogP contribution in [0.25, 0.3) is 0 Å². The summed E-state index contributed by atoms with van der Waals surface area (Å²) < 4.78 is 4.66. The number of ether oxygens (including phenoxy) is 1. The van der Waals surface area contributed by atoms with Gasteiger partial charge in [-0.05, 0) is 6.92 Å². The monoisotopic (exact) mass is 176 g/mol. The van der Waals surface area contributed by atoms with Crippen molar-refractivity contribution in [3.8, 4) is 0 Å². The highest BCUT2D eigenvalue weighted by molar-refractivity contribution is 5.75. The van der Waals surface area contributed by atoms with Crippen LogP contribution in [0.4, 0.5) is 0 Å². The Balaban J connectivity index is 3.47. The summed E-state index contributed by atoms with van der Waals surface area (Å²) >= 11 is 0. The van der Waals surface area contributed by atoms with Gasteiger partial charge in [-0.25, -0.2) is 0 Å². The van der Waals surface area contributed by atoms with Crippen molar-refractivity contribution in [2.75, 3.05) is 26.3 Å². The van der Waals surface area contributed by atoms with E-state index >= 15 is 0 Å². The molecule has 0 heterocycles. The van der Waals surface area contributed by atoms with E-state index in [9.17, 15) is 4.79 Å². The van der Waals surface area contributed by atoms with Crippen LogP contribution in [0.3, 0.4) is 0 Å². The molecule has 0 aliphatic carbocycles. The molecule has 72 valence electrons. The van der Waals surface area contributed by atoms with Gasteiger partial charge in [-0.2, -0.15) is 0 Å². The third-order valence-electron chi connectivity index (χ3n) is 1.28. The van der Waals surface area contributed by atoms with Gasteiger partial charge in [-0.15, -0.1) is 0 Å². The number of aliphatic hydroxyl groups excluding tert-OH is 1. The number of hydrogen-bond donors (Lipinski definition) is 3. The molecule has 4 N–H and O–H groups in total. The molecule has 0 aliphatic heterocycles. The van der Waals surface area contributed by atoms with Crippen LogP contribution in [-0.4, -0.2) is 43.4 Å². The molecule has 0 unspecified atom stereocenters. The van der Waals surface area contributed by atoms with E-state index in [1.807, 2.05) is 0 Å². The van der Waals surface area contributed by atoms with E-state index in [2.05, 4.69) is 10.1 Å². The Morgan fingerprint density at radius 3 is 2.92 bits per heavy atom. The number of esters is 1. The standard InChI is InChI=1S/C7H16N2O3/c1-6(9-3-2-8)7(11)12-5-4-10/h6,9-10H,2-5,8H2,1H3/t6-/m0/s1. The second-order valence-electron chi connectivity index (χ2n) is 2.36. The Morgan fingerprint density at radius 1 is 1.75 bits per heavy atom. The first-order valence-electron chi connectivity index (χ1n) is 3.93. The number of nitrogens with one attached hydrogen (secondary N) is 1. The van der Waals surface area contributed by atoms with Gasteiger partial charge >= 0.3 is 5.97 Å². The number of rotatable bonds is 6. The maximum absolute atomic E-state index is 11.0. The van der Waals surface area contributed by atoms with Crippen LogP contribution >= 0.6 is 0 Å². The molecule has 0 saturated carbocycles. The molecule has 0 aliphatic rings. The molecule has 0 saturated heterocycles. The van der Waals surface area contributed by atoms with E-state index in [4.69, 9.17) is 10.8 Å². The summed E-state index contributed by atoms with van der Waals surface area (Å²) in [5.41, 5.74) is 5.22. The molecule has 12 heavy (non-hydrogen) atoms. The van der Waals surface area contributed by atoms with Gasteiger partial charge in [0.1, 0.15) is 12.6 Å². The topological polar surface area (TPSA) is 84.6 Å². The molecule has 0 bridgehead atoms. The predicted octanol–water partition coefficient (Wildman–Crippen LogP) is -1.54. The summed E-state index contributed by atoms with van der Waals surface area (Å²) in [6.07, 6.45) is 0. The first-order chi connectivity index (χ1) is 5.72. The van der Waals surface area contributed by atoms with E-state index in [1.54, 1.807) is 6.92 Å². The first-order valence-corrected chi connectivity index (χ1v) is 3.93. The molecule has 5 heteroatoms. The molecule has 0 fully saturated rings. The van der Waals surface area contributed by atoms with E-state index in [1.165, 1.54) is 0 Å². The van der Waals surface area contributed by atoms with Crippen molar-refractivity contribution in [1.82, 2.24) is 5.32 Å². The van der Waals surface area contributed by atoms with Crippen molar-refractivity contribution in [2.45, 2.75) is 13.0 Å². The van der Waals surface area contributed by atoms with Crippen LogP contribution in [0.2, 0.25) is 0 Å². The van der Waals surface area contributed by atoms with Crippen LogP contribution in [-0.2, 0) is 9.53 Å². The lowest BCUT2D eigenvalue weighted by Crippen LogP contribution is -2.38. The van der Waals surface area contributed by atoms with Gasteiger partial charge < -0.3 is 20.9 Å². The SMILES string of the molecule is C[C@H](NCCN)C(=O)OCCO. The second-order valence-corrected chi connectivity index (χ2v) is 2.36. The van der Waals surface area contributed by atoms with Crippen molar-refractivity contribution < 1.29 is 14.6 Å². The zero-order chi connectivity index (χ0) is 9.40. The molecular weight excluding hydrogens is 160 g/mol. The van der Waals surface area contributed by atoms with E-state index < -0.39 is 0 Å². The molecule has 0 amide bonds. The molecule has 0 rings (SSSR count). The smallest absolute Gasteiger partial charge is 0.322 e. The second kappa shape index (κ2) is 7.02. The van der Waals surface area contributed by atoms with Gasteiger partial charge in [-0.3, -0.25) is 4.79 Å². The minimum Gasteiger partial charge on any atom is -0.462 e. The van der Waals surface area contributed by atoms with Crippen LogP contribution < -0.4 is 11.1 Å². The van der Waals surface area contributed by atoms with Crippen molar-refractivity contribution >= 4 is 5.97 Å². The summed E-state index contributed by atoms with van der Waals surface area (Å²) in [7, 11) is 0. The fourth-order valence-corrected chi connectivity index (χ4v) is 0.654. The van der Waals surface area contributed by atoms with Crippen LogP contribution in [0, 0.1) is 0 Å². The van der Waals surface area contributed by atoms with E-state index in [-0.39, 0.29) is 25.2 Å². The quantitative estimate of drug-likeness (QED) is 0.427. The summed E-state index contributed by atoms with van der Waals surface area (Å²) in [4.78, 5) is 11.0. The average molecular weight is 176 g/mol. The van der Waals surface area contributed by atoms with Crippen molar-refractivity contribution in [3.63, 3.8) is 0 Å². The maximum Gasteiger partial charge on any atom is 0.322 e. The minimum atomic E-state index is -0.363. The number of hydrogen-bond acceptors (Lipinski definition) is 5. The lowest BCUT2D eigenvalue weighted by atomic mass is 10.3. The number of carbonyl (C=O) groups is 1. The van der Waals surface area contributed by atoms with Crippen molar-refractivity contribution in [2.24, 2.45) is 5.73 Å². The molecule has 0 aromatic rings. The molecule has 0 aromatic heterocycles. The van der Waals surface area contributed by atoms with Gasteiger partial charge in [0.25, 0.3) is 0 Å². The van der Waals surface area contributed by atoms with Gasteiger partial charge in [0.05, 0.1) is 6.61 Å². The van der Waals surface area contributed by atoms with Gasteiger partial charge in [0.15, 0.2) is 0 Å². The minimum absolute atomic E-state index is 0.0491. The molecule has 0 radical (unpaired) electrons. The maximum atomic E-state index is 11.0. The largest absolute Gasteiger partial charge is 0.462 e. The van der Waals surface area contributed by atoms with Gasteiger partial charge in [0, 0.05) is 13.1 Å². The molecule has 5 nitrogen and oxygen atoms in total. The molecule has 1 atom stereocenters. The fraction of sp³-hybridized carbons (Fsp3) is 0.857. The summed E-state index contributed by atoms with van der Waals surface area (Å²) in [6, 6.07) is -0.361. The van der Waals surface area contributed by atoms with E-state index in [0.717, 1.165) is 0 Å². The number of carbonyl (C=O) groups excluding carboxylic acids is 1. The van der Waals surface area contributed by atoms with Crippen molar-refractivity contribution in [1.29, 1.82) is 0 Å². The zero-order valence-corrected chi connectivity index (χ0v) is 7.25. The van der Waals surface area contributed by atoms with E-state index in [0.29, 0.717) is 13.1 Å². The molecule has 0 spiro atoms. The van der Waals surface area contributed by atoms with Crippen LogP contribution in [0.15, 0.2) is 0 Å². The Labute approximate surface area is 71.9 Å². The lowest BCUT2D eigenvalue weighted by Gasteiger charge is -2.11. The third kappa shape index (κ3) is 5.06. The van der Waals surface area contributed by atoms with Gasteiger partial charge in [-0.1, -0.05) is 0 Å². The molecule has 0 aromatic carbocycles. The van der Waals surface area contributed by atoms with Crippen LogP contribution in [0.1, 0.15) is 6.92 Å². The summed E-state index contributed by atoms with van der Waals surface area (Å²) in [6.45, 7) is 2.66. The fourth-order valence-electron chi connectivity index (χ4n) is 0.654. The molecular formula is C7H16N2O3. The Kier molecular flexibility index (Phi) is 6.64. The Morgan fingerprint density at radius 2 is 2.42 bits per heavy atom.